The first kappa shape index (κ1) is 18.9. The van der Waals surface area contributed by atoms with E-state index in [1.54, 1.807) is 11.1 Å². The van der Waals surface area contributed by atoms with Gasteiger partial charge >= 0.3 is 6.03 Å². The maximum atomic E-state index is 12.5. The Morgan fingerprint density at radius 2 is 2.11 bits per heavy atom. The first-order valence-corrected chi connectivity index (χ1v) is 9.36. The van der Waals surface area contributed by atoms with Crippen LogP contribution in [0.1, 0.15) is 36.7 Å². The maximum Gasteiger partial charge on any atom is 0.317 e. The van der Waals surface area contributed by atoms with E-state index in [2.05, 4.69) is 32.3 Å². The monoisotopic (exact) mass is 369 g/mol. The quantitative estimate of drug-likeness (QED) is 0.847. The minimum absolute atomic E-state index is 0.0451. The smallest absolute Gasteiger partial charge is 0.317 e. The van der Waals surface area contributed by atoms with Gasteiger partial charge in [-0.05, 0) is 30.9 Å². The molecule has 144 valence electrons. The number of nitrogens with zero attached hydrogens (tertiary/aromatic N) is 3. The third kappa shape index (κ3) is 5.32. The van der Waals surface area contributed by atoms with Crippen molar-refractivity contribution in [2.24, 2.45) is 0 Å². The molecule has 3 rings (SSSR count). The average molecular weight is 369 g/mol. The van der Waals surface area contributed by atoms with Crippen LogP contribution >= 0.6 is 0 Å². The summed E-state index contributed by atoms with van der Waals surface area (Å²) in [6.45, 7) is 6.02. The van der Waals surface area contributed by atoms with Gasteiger partial charge in [-0.1, -0.05) is 24.3 Å². The number of aromatic nitrogens is 2. The average Bonchev–Trinajstić information content (AvgIpc) is 3.04. The van der Waals surface area contributed by atoms with E-state index in [0.717, 1.165) is 37.3 Å². The van der Waals surface area contributed by atoms with Gasteiger partial charge in [0.15, 0.2) is 0 Å². The molecule has 0 saturated carbocycles. The van der Waals surface area contributed by atoms with Crippen LogP contribution in [-0.2, 0) is 17.9 Å². The van der Waals surface area contributed by atoms with E-state index >= 15 is 0 Å². The summed E-state index contributed by atoms with van der Waals surface area (Å²) in [5.41, 5.74) is 2.24. The molecular weight excluding hydrogens is 342 g/mol. The SMILES string of the molecule is CC(=O)NC1CCCN(C(=O)NCc2cccc(Cn3ccnc3C)c2)C1. The van der Waals surface area contributed by atoms with Crippen LogP contribution in [0.4, 0.5) is 4.79 Å². The zero-order valence-corrected chi connectivity index (χ0v) is 15.9. The molecule has 3 amide bonds. The second-order valence-corrected chi connectivity index (χ2v) is 7.07. The van der Waals surface area contributed by atoms with Crippen molar-refractivity contribution in [2.45, 2.75) is 45.8 Å². The van der Waals surface area contributed by atoms with Gasteiger partial charge in [0.1, 0.15) is 5.82 Å². The Morgan fingerprint density at radius 1 is 1.30 bits per heavy atom. The number of amides is 3. The van der Waals surface area contributed by atoms with Gasteiger partial charge < -0.3 is 20.1 Å². The summed E-state index contributed by atoms with van der Waals surface area (Å²) in [7, 11) is 0. The molecule has 2 heterocycles. The van der Waals surface area contributed by atoms with Crippen LogP contribution in [-0.4, -0.2) is 45.5 Å². The van der Waals surface area contributed by atoms with Gasteiger partial charge in [-0.25, -0.2) is 9.78 Å². The molecule has 1 unspecified atom stereocenters. The summed E-state index contributed by atoms with van der Waals surface area (Å²) in [4.78, 5) is 29.7. The van der Waals surface area contributed by atoms with Crippen LogP contribution in [0, 0.1) is 6.92 Å². The van der Waals surface area contributed by atoms with E-state index in [-0.39, 0.29) is 18.0 Å². The van der Waals surface area contributed by atoms with Gasteiger partial charge in [-0.3, -0.25) is 4.79 Å². The predicted molar refractivity (Wildman–Crippen MR) is 103 cm³/mol. The summed E-state index contributed by atoms with van der Waals surface area (Å²) in [6, 6.07) is 8.17. The molecule has 1 aromatic heterocycles. The summed E-state index contributed by atoms with van der Waals surface area (Å²) >= 11 is 0. The van der Waals surface area contributed by atoms with Gasteiger partial charge in [0.05, 0.1) is 0 Å². The molecule has 0 aliphatic carbocycles. The Bertz CT molecular complexity index is 801. The molecule has 0 bridgehead atoms. The lowest BCUT2D eigenvalue weighted by molar-refractivity contribution is -0.119. The Hall–Kier alpha value is -2.83. The van der Waals surface area contributed by atoms with E-state index < -0.39 is 0 Å². The van der Waals surface area contributed by atoms with Crippen LogP contribution in [0.15, 0.2) is 36.7 Å². The summed E-state index contributed by atoms with van der Waals surface area (Å²) in [5, 5.41) is 5.90. The number of carbonyl (C=O) groups excluding carboxylic acids is 2. The molecule has 2 N–H and O–H groups in total. The number of nitrogens with one attached hydrogen (secondary N) is 2. The predicted octanol–water partition coefficient (Wildman–Crippen LogP) is 2.05. The zero-order chi connectivity index (χ0) is 19.2. The number of carbonyl (C=O) groups is 2. The molecule has 27 heavy (non-hydrogen) atoms. The van der Waals surface area contributed by atoms with Crippen LogP contribution in [0.2, 0.25) is 0 Å². The topological polar surface area (TPSA) is 79.3 Å². The Kier molecular flexibility index (Phi) is 6.11. The molecule has 1 fully saturated rings. The molecular formula is C20H27N5O2. The Morgan fingerprint density at radius 3 is 2.85 bits per heavy atom. The zero-order valence-electron chi connectivity index (χ0n) is 15.9. The van der Waals surface area contributed by atoms with Crippen molar-refractivity contribution >= 4 is 11.9 Å². The summed E-state index contributed by atoms with van der Waals surface area (Å²) in [5.74, 6) is 0.930. The number of hydrogen-bond acceptors (Lipinski definition) is 3. The lowest BCUT2D eigenvalue weighted by atomic mass is 10.1. The second-order valence-electron chi connectivity index (χ2n) is 7.07. The number of rotatable bonds is 5. The molecule has 1 saturated heterocycles. The van der Waals surface area contributed by atoms with Crippen molar-refractivity contribution in [3.63, 3.8) is 0 Å². The standard InChI is InChI=1S/C20H27N5O2/c1-15-21-8-10-24(15)13-18-6-3-5-17(11-18)12-22-20(27)25-9-4-7-19(14-25)23-16(2)26/h3,5-6,8,10-11,19H,4,7,9,12-14H2,1-2H3,(H,22,27)(H,23,26). The van der Waals surface area contributed by atoms with Crippen molar-refractivity contribution in [2.75, 3.05) is 13.1 Å². The Labute approximate surface area is 159 Å². The van der Waals surface area contributed by atoms with Crippen LogP contribution in [0.5, 0.6) is 0 Å². The molecule has 1 aliphatic heterocycles. The molecule has 0 spiro atoms. The number of urea groups is 1. The van der Waals surface area contributed by atoms with E-state index in [1.165, 1.54) is 12.5 Å². The fourth-order valence-corrected chi connectivity index (χ4v) is 3.46. The summed E-state index contributed by atoms with van der Waals surface area (Å²) < 4.78 is 2.09. The summed E-state index contributed by atoms with van der Waals surface area (Å²) in [6.07, 6.45) is 5.58. The third-order valence-electron chi connectivity index (χ3n) is 4.83. The molecule has 1 atom stereocenters. The first-order chi connectivity index (χ1) is 13.0. The van der Waals surface area contributed by atoms with E-state index in [4.69, 9.17) is 0 Å². The molecule has 7 heteroatoms. The van der Waals surface area contributed by atoms with Gasteiger partial charge in [0.2, 0.25) is 5.91 Å². The maximum absolute atomic E-state index is 12.5. The number of benzene rings is 1. The highest BCUT2D eigenvalue weighted by Crippen LogP contribution is 2.12. The normalized spacial score (nSPS) is 16.8. The number of aryl methyl sites for hydroxylation is 1. The minimum Gasteiger partial charge on any atom is -0.352 e. The fourth-order valence-electron chi connectivity index (χ4n) is 3.46. The number of hydrogen-bond donors (Lipinski definition) is 2. The minimum atomic E-state index is -0.0825. The molecule has 0 radical (unpaired) electrons. The van der Waals surface area contributed by atoms with E-state index in [0.29, 0.717) is 13.1 Å². The van der Waals surface area contributed by atoms with Crippen molar-refractivity contribution in [3.05, 3.63) is 53.6 Å². The van der Waals surface area contributed by atoms with Gasteiger partial charge in [-0.15, -0.1) is 0 Å². The van der Waals surface area contributed by atoms with Gasteiger partial charge in [0, 0.05) is 51.5 Å². The second kappa shape index (κ2) is 8.70. The molecule has 7 nitrogen and oxygen atoms in total. The van der Waals surface area contributed by atoms with Crippen molar-refractivity contribution in [1.29, 1.82) is 0 Å². The van der Waals surface area contributed by atoms with Crippen LogP contribution in [0.3, 0.4) is 0 Å². The largest absolute Gasteiger partial charge is 0.352 e. The highest BCUT2D eigenvalue weighted by Gasteiger charge is 2.23. The van der Waals surface area contributed by atoms with E-state index in [1.807, 2.05) is 25.3 Å². The lowest BCUT2D eigenvalue weighted by Gasteiger charge is -2.33. The van der Waals surface area contributed by atoms with E-state index in [9.17, 15) is 9.59 Å². The number of likely N-dealkylation sites (tertiary alicyclic amines) is 1. The van der Waals surface area contributed by atoms with Crippen molar-refractivity contribution in [3.8, 4) is 0 Å². The Balaban J connectivity index is 1.53. The third-order valence-corrected chi connectivity index (χ3v) is 4.83. The van der Waals surface area contributed by atoms with Gasteiger partial charge in [0.25, 0.3) is 0 Å². The first-order valence-electron chi connectivity index (χ1n) is 9.36. The van der Waals surface area contributed by atoms with Gasteiger partial charge in [-0.2, -0.15) is 0 Å². The van der Waals surface area contributed by atoms with Crippen LogP contribution < -0.4 is 10.6 Å². The molecule has 1 aliphatic rings. The van der Waals surface area contributed by atoms with Crippen molar-refractivity contribution < 1.29 is 9.59 Å². The molecule has 1 aromatic carbocycles. The van der Waals surface area contributed by atoms with Crippen LogP contribution in [0.25, 0.3) is 0 Å². The number of piperidine rings is 1. The van der Waals surface area contributed by atoms with Crippen molar-refractivity contribution in [1.82, 2.24) is 25.1 Å². The highest BCUT2D eigenvalue weighted by molar-refractivity contribution is 5.75. The molecule has 2 aromatic rings. The fraction of sp³-hybridized carbons (Fsp3) is 0.450. The lowest BCUT2D eigenvalue weighted by Crippen LogP contribution is -2.51. The highest BCUT2D eigenvalue weighted by atomic mass is 16.2. The number of imidazole rings is 1.